The summed E-state index contributed by atoms with van der Waals surface area (Å²) in [5.41, 5.74) is 1.40. The summed E-state index contributed by atoms with van der Waals surface area (Å²) in [5, 5.41) is 18.6. The Labute approximate surface area is 97.7 Å². The quantitative estimate of drug-likeness (QED) is 0.840. The maximum Gasteiger partial charge on any atom is 0.276 e. The van der Waals surface area contributed by atoms with Gasteiger partial charge in [-0.15, -0.1) is 5.10 Å². The number of carbonyl (C=O) groups is 1. The number of nitrogens with zero attached hydrogens (tertiary/aromatic N) is 3. The minimum absolute atomic E-state index is 0.247. The van der Waals surface area contributed by atoms with E-state index in [1.54, 1.807) is 36.4 Å². The van der Waals surface area contributed by atoms with E-state index in [0.717, 1.165) is 0 Å². The Morgan fingerprint density at radius 1 is 1.24 bits per heavy atom. The molecule has 82 valence electrons. The molecule has 0 bridgehead atoms. The van der Waals surface area contributed by atoms with Crippen molar-refractivity contribution in [3.8, 4) is 6.07 Å². The van der Waals surface area contributed by atoms with Gasteiger partial charge in [-0.25, -0.2) is 0 Å². The highest BCUT2D eigenvalue weighted by Gasteiger charge is 2.06. The summed E-state index contributed by atoms with van der Waals surface area (Å²) in [5.74, 6) is -0.331. The van der Waals surface area contributed by atoms with Crippen molar-refractivity contribution >= 4 is 11.6 Å². The molecule has 2 aromatic rings. The summed E-state index contributed by atoms with van der Waals surface area (Å²) in [6.07, 6.45) is 1.50. The number of benzene rings is 1. The number of hydrogen-bond donors (Lipinski definition) is 1. The summed E-state index contributed by atoms with van der Waals surface area (Å²) in [4.78, 5) is 11.7. The van der Waals surface area contributed by atoms with Crippen LogP contribution >= 0.6 is 0 Å². The first-order valence-corrected chi connectivity index (χ1v) is 4.89. The smallest absolute Gasteiger partial charge is 0.276 e. The molecule has 0 aliphatic heterocycles. The van der Waals surface area contributed by atoms with Crippen LogP contribution in [0, 0.1) is 11.3 Å². The van der Waals surface area contributed by atoms with E-state index in [9.17, 15) is 4.79 Å². The van der Waals surface area contributed by atoms with Crippen molar-refractivity contribution in [1.82, 2.24) is 10.2 Å². The average Bonchev–Trinajstić information content (AvgIpc) is 2.40. The van der Waals surface area contributed by atoms with Gasteiger partial charge in [0.2, 0.25) is 0 Å². The molecule has 17 heavy (non-hydrogen) atoms. The monoisotopic (exact) mass is 224 g/mol. The van der Waals surface area contributed by atoms with Crippen molar-refractivity contribution < 1.29 is 4.79 Å². The first-order valence-electron chi connectivity index (χ1n) is 4.89. The molecule has 1 aromatic carbocycles. The highest BCUT2D eigenvalue weighted by atomic mass is 16.1. The van der Waals surface area contributed by atoms with Crippen LogP contribution in [-0.4, -0.2) is 16.1 Å². The lowest BCUT2D eigenvalue weighted by atomic mass is 10.2. The molecule has 5 heteroatoms. The molecular formula is C12H8N4O. The van der Waals surface area contributed by atoms with Gasteiger partial charge in [0.1, 0.15) is 0 Å². The number of anilines is 1. The van der Waals surface area contributed by atoms with E-state index in [1.807, 2.05) is 6.07 Å². The van der Waals surface area contributed by atoms with Gasteiger partial charge in [-0.3, -0.25) is 4.79 Å². The molecule has 2 rings (SSSR count). The van der Waals surface area contributed by atoms with Crippen molar-refractivity contribution in [2.75, 3.05) is 5.32 Å². The Morgan fingerprint density at radius 2 is 2.00 bits per heavy atom. The van der Waals surface area contributed by atoms with E-state index in [1.165, 1.54) is 6.20 Å². The molecule has 0 radical (unpaired) electrons. The number of aromatic nitrogens is 2. The van der Waals surface area contributed by atoms with Crippen LogP contribution in [-0.2, 0) is 0 Å². The number of amides is 1. The number of nitriles is 1. The van der Waals surface area contributed by atoms with E-state index in [2.05, 4.69) is 15.5 Å². The van der Waals surface area contributed by atoms with Crippen molar-refractivity contribution in [3.05, 3.63) is 53.9 Å². The third-order valence-corrected chi connectivity index (χ3v) is 2.08. The zero-order chi connectivity index (χ0) is 12.1. The van der Waals surface area contributed by atoms with Crippen LogP contribution < -0.4 is 5.32 Å². The molecule has 0 atom stereocenters. The fourth-order valence-corrected chi connectivity index (χ4v) is 1.25. The van der Waals surface area contributed by atoms with E-state index < -0.39 is 0 Å². The Kier molecular flexibility index (Phi) is 3.08. The molecular weight excluding hydrogens is 216 g/mol. The molecule has 0 saturated heterocycles. The lowest BCUT2D eigenvalue weighted by molar-refractivity contribution is 0.102. The second kappa shape index (κ2) is 4.86. The maximum atomic E-state index is 11.7. The standard InChI is InChI=1S/C12H8N4O/c13-8-9-3-5-10(6-4-9)15-12(17)11-2-1-7-14-16-11/h1-7H,(H,15,17). The van der Waals surface area contributed by atoms with Gasteiger partial charge in [-0.05, 0) is 36.4 Å². The predicted molar refractivity (Wildman–Crippen MR) is 61.1 cm³/mol. The summed E-state index contributed by atoms with van der Waals surface area (Å²) >= 11 is 0. The molecule has 0 aliphatic carbocycles. The predicted octanol–water partition coefficient (Wildman–Crippen LogP) is 1.60. The molecule has 1 N–H and O–H groups in total. The van der Waals surface area contributed by atoms with Crippen LogP contribution in [0.5, 0.6) is 0 Å². The normalized spacial score (nSPS) is 9.35. The van der Waals surface area contributed by atoms with Gasteiger partial charge in [-0.2, -0.15) is 10.4 Å². The number of carbonyl (C=O) groups excluding carboxylic acids is 1. The largest absolute Gasteiger partial charge is 0.321 e. The summed E-state index contributed by atoms with van der Waals surface area (Å²) in [6, 6.07) is 11.8. The van der Waals surface area contributed by atoms with Crippen molar-refractivity contribution in [2.24, 2.45) is 0 Å². The zero-order valence-corrected chi connectivity index (χ0v) is 8.79. The fourth-order valence-electron chi connectivity index (χ4n) is 1.25. The van der Waals surface area contributed by atoms with E-state index in [-0.39, 0.29) is 11.6 Å². The van der Waals surface area contributed by atoms with Gasteiger partial charge in [0.15, 0.2) is 5.69 Å². The summed E-state index contributed by atoms with van der Waals surface area (Å²) < 4.78 is 0. The van der Waals surface area contributed by atoms with Crippen LogP contribution in [0.3, 0.4) is 0 Å². The van der Waals surface area contributed by atoms with Crippen molar-refractivity contribution in [3.63, 3.8) is 0 Å². The van der Waals surface area contributed by atoms with Crippen LogP contribution in [0.2, 0.25) is 0 Å². The minimum Gasteiger partial charge on any atom is -0.321 e. The van der Waals surface area contributed by atoms with Gasteiger partial charge in [0, 0.05) is 11.9 Å². The molecule has 0 saturated carbocycles. The average molecular weight is 224 g/mol. The van der Waals surface area contributed by atoms with E-state index in [0.29, 0.717) is 11.3 Å². The second-order valence-corrected chi connectivity index (χ2v) is 3.25. The van der Waals surface area contributed by atoms with Crippen molar-refractivity contribution in [1.29, 1.82) is 5.26 Å². The molecule has 5 nitrogen and oxygen atoms in total. The molecule has 0 aliphatic rings. The summed E-state index contributed by atoms with van der Waals surface area (Å²) in [7, 11) is 0. The lowest BCUT2D eigenvalue weighted by Crippen LogP contribution is -2.13. The molecule has 0 spiro atoms. The Morgan fingerprint density at radius 3 is 2.59 bits per heavy atom. The van der Waals surface area contributed by atoms with Crippen LogP contribution in [0.15, 0.2) is 42.6 Å². The molecule has 1 aromatic heterocycles. The van der Waals surface area contributed by atoms with Crippen LogP contribution in [0.25, 0.3) is 0 Å². The molecule has 0 unspecified atom stereocenters. The van der Waals surface area contributed by atoms with Crippen molar-refractivity contribution in [2.45, 2.75) is 0 Å². The highest BCUT2D eigenvalue weighted by molar-refractivity contribution is 6.02. The highest BCUT2D eigenvalue weighted by Crippen LogP contribution is 2.09. The number of hydrogen-bond acceptors (Lipinski definition) is 4. The van der Waals surface area contributed by atoms with Gasteiger partial charge in [0.25, 0.3) is 5.91 Å². The SMILES string of the molecule is N#Cc1ccc(NC(=O)c2cccnn2)cc1. The second-order valence-electron chi connectivity index (χ2n) is 3.25. The Hall–Kier alpha value is -2.74. The molecule has 1 amide bonds. The Balaban J connectivity index is 2.11. The first kappa shape index (κ1) is 10.8. The van der Waals surface area contributed by atoms with Gasteiger partial charge >= 0.3 is 0 Å². The Bertz CT molecular complexity index is 557. The van der Waals surface area contributed by atoms with E-state index in [4.69, 9.17) is 5.26 Å². The van der Waals surface area contributed by atoms with E-state index >= 15 is 0 Å². The lowest BCUT2D eigenvalue weighted by Gasteiger charge is -2.03. The fraction of sp³-hybridized carbons (Fsp3) is 0. The summed E-state index contributed by atoms with van der Waals surface area (Å²) in [6.45, 7) is 0. The van der Waals surface area contributed by atoms with Crippen LogP contribution in [0.1, 0.15) is 16.1 Å². The number of nitrogens with one attached hydrogen (secondary N) is 1. The maximum absolute atomic E-state index is 11.7. The topological polar surface area (TPSA) is 78.7 Å². The van der Waals surface area contributed by atoms with Gasteiger partial charge in [-0.1, -0.05) is 0 Å². The third-order valence-electron chi connectivity index (χ3n) is 2.08. The number of rotatable bonds is 2. The molecule has 1 heterocycles. The van der Waals surface area contributed by atoms with Gasteiger partial charge in [0.05, 0.1) is 11.6 Å². The van der Waals surface area contributed by atoms with Crippen LogP contribution in [0.4, 0.5) is 5.69 Å². The third kappa shape index (κ3) is 2.63. The molecule has 0 fully saturated rings. The first-order chi connectivity index (χ1) is 8.29. The van der Waals surface area contributed by atoms with Gasteiger partial charge < -0.3 is 5.32 Å². The minimum atomic E-state index is -0.331. The zero-order valence-electron chi connectivity index (χ0n) is 8.79.